The molecular weight excluding hydrogens is 344 g/mol. The predicted molar refractivity (Wildman–Crippen MR) is 107 cm³/mol. The van der Waals surface area contributed by atoms with Gasteiger partial charge in [0.1, 0.15) is 5.75 Å². The Balaban J connectivity index is 1.70. The third kappa shape index (κ3) is 4.86. The number of carbonyl (C=O) groups is 1. The SMILES string of the molecule is CCOc1ccccc1C(=O)NC[C@@H](c1cccs1)N1CCCCCC1. The summed E-state index contributed by atoms with van der Waals surface area (Å²) in [5.74, 6) is 0.584. The summed E-state index contributed by atoms with van der Waals surface area (Å²) in [6, 6.07) is 12.0. The van der Waals surface area contributed by atoms with Crippen LogP contribution in [0.4, 0.5) is 0 Å². The monoisotopic (exact) mass is 372 g/mol. The molecule has 2 heterocycles. The number of likely N-dealkylation sites (tertiary alicyclic amines) is 1. The van der Waals surface area contributed by atoms with Crippen molar-refractivity contribution in [3.05, 3.63) is 52.2 Å². The fourth-order valence-electron chi connectivity index (χ4n) is 3.52. The molecule has 0 spiro atoms. The van der Waals surface area contributed by atoms with E-state index in [1.54, 1.807) is 11.3 Å². The van der Waals surface area contributed by atoms with E-state index in [-0.39, 0.29) is 11.9 Å². The molecule has 1 aliphatic rings. The number of nitrogens with one attached hydrogen (secondary N) is 1. The quantitative estimate of drug-likeness (QED) is 0.778. The van der Waals surface area contributed by atoms with Crippen LogP contribution in [0.3, 0.4) is 0 Å². The lowest BCUT2D eigenvalue weighted by molar-refractivity contribution is 0.0930. The van der Waals surface area contributed by atoms with Gasteiger partial charge in [0.15, 0.2) is 0 Å². The first kappa shape index (κ1) is 18.9. The van der Waals surface area contributed by atoms with Gasteiger partial charge in [0.05, 0.1) is 18.2 Å². The Kier molecular flexibility index (Phi) is 7.09. The van der Waals surface area contributed by atoms with E-state index in [0.717, 1.165) is 13.1 Å². The molecule has 0 radical (unpaired) electrons. The lowest BCUT2D eigenvalue weighted by atomic mass is 10.1. The molecule has 4 nitrogen and oxygen atoms in total. The molecule has 26 heavy (non-hydrogen) atoms. The summed E-state index contributed by atoms with van der Waals surface area (Å²) in [5, 5.41) is 5.27. The van der Waals surface area contributed by atoms with Gasteiger partial charge in [0.25, 0.3) is 5.91 Å². The second kappa shape index (κ2) is 9.74. The molecule has 1 atom stereocenters. The zero-order valence-corrected chi connectivity index (χ0v) is 16.3. The number of ether oxygens (including phenoxy) is 1. The van der Waals surface area contributed by atoms with Gasteiger partial charge in [-0.3, -0.25) is 9.69 Å². The number of hydrogen-bond acceptors (Lipinski definition) is 4. The molecule has 5 heteroatoms. The third-order valence-corrected chi connectivity index (χ3v) is 5.81. The molecule has 140 valence electrons. The molecule has 0 saturated carbocycles. The first-order valence-corrected chi connectivity index (χ1v) is 10.4. The van der Waals surface area contributed by atoms with Crippen molar-refractivity contribution in [3.63, 3.8) is 0 Å². The molecule has 0 unspecified atom stereocenters. The zero-order chi connectivity index (χ0) is 18.2. The van der Waals surface area contributed by atoms with E-state index in [1.807, 2.05) is 31.2 Å². The van der Waals surface area contributed by atoms with Crippen LogP contribution in [-0.2, 0) is 0 Å². The maximum Gasteiger partial charge on any atom is 0.255 e. The molecule has 1 fully saturated rings. The van der Waals surface area contributed by atoms with E-state index in [2.05, 4.69) is 27.7 Å². The van der Waals surface area contributed by atoms with Crippen LogP contribution < -0.4 is 10.1 Å². The summed E-state index contributed by atoms with van der Waals surface area (Å²) >= 11 is 1.77. The fraction of sp³-hybridized carbons (Fsp3) is 0.476. The van der Waals surface area contributed by atoms with Crippen LogP contribution in [0.15, 0.2) is 41.8 Å². The van der Waals surface area contributed by atoms with Gasteiger partial charge in [-0.2, -0.15) is 0 Å². The Hall–Kier alpha value is -1.85. The molecule has 1 N–H and O–H groups in total. The maximum atomic E-state index is 12.8. The highest BCUT2D eigenvalue weighted by Crippen LogP contribution is 2.27. The molecule has 1 aromatic carbocycles. The van der Waals surface area contributed by atoms with Crippen molar-refractivity contribution in [1.82, 2.24) is 10.2 Å². The topological polar surface area (TPSA) is 41.6 Å². The summed E-state index contributed by atoms with van der Waals surface area (Å²) in [6.07, 6.45) is 5.09. The van der Waals surface area contributed by atoms with Crippen molar-refractivity contribution in [2.75, 3.05) is 26.2 Å². The summed E-state index contributed by atoms with van der Waals surface area (Å²) in [5.41, 5.74) is 0.607. The van der Waals surface area contributed by atoms with Gasteiger partial charge >= 0.3 is 0 Å². The van der Waals surface area contributed by atoms with Crippen LogP contribution in [0.1, 0.15) is 53.9 Å². The van der Waals surface area contributed by atoms with E-state index in [1.165, 1.54) is 30.6 Å². The minimum absolute atomic E-state index is 0.0644. The highest BCUT2D eigenvalue weighted by molar-refractivity contribution is 7.10. The molecule has 3 rings (SSSR count). The Bertz CT molecular complexity index is 679. The van der Waals surface area contributed by atoms with Crippen molar-refractivity contribution < 1.29 is 9.53 Å². The number of para-hydroxylation sites is 1. The average Bonchev–Trinajstić information content (AvgIpc) is 3.05. The first-order chi connectivity index (χ1) is 12.8. The second-order valence-corrected chi connectivity index (χ2v) is 7.60. The standard InChI is InChI=1S/C21H28N2O2S/c1-2-25-19-11-6-5-10-17(19)21(24)22-16-18(20-12-9-15-26-20)23-13-7-3-4-8-14-23/h5-6,9-12,15,18H,2-4,7-8,13-14,16H2,1H3,(H,22,24)/t18-/m0/s1. The van der Waals surface area contributed by atoms with Crippen LogP contribution in [0.5, 0.6) is 5.75 Å². The number of amides is 1. The second-order valence-electron chi connectivity index (χ2n) is 6.62. The third-order valence-electron chi connectivity index (χ3n) is 4.84. The molecular formula is C21H28N2O2S. The van der Waals surface area contributed by atoms with E-state index in [4.69, 9.17) is 4.74 Å². The lowest BCUT2D eigenvalue weighted by Crippen LogP contribution is -2.38. The number of nitrogens with zero attached hydrogens (tertiary/aromatic N) is 1. The number of carbonyl (C=O) groups excluding carboxylic acids is 1. The van der Waals surface area contributed by atoms with E-state index >= 15 is 0 Å². The molecule has 1 amide bonds. The Morgan fingerprint density at radius 3 is 2.62 bits per heavy atom. The normalized spacial score (nSPS) is 16.7. The van der Waals surface area contributed by atoms with Crippen LogP contribution in [0, 0.1) is 0 Å². The Labute approximate surface area is 160 Å². The maximum absolute atomic E-state index is 12.8. The van der Waals surface area contributed by atoms with Gasteiger partial charge in [-0.05, 0) is 56.4 Å². The number of benzene rings is 1. The largest absolute Gasteiger partial charge is 0.493 e. The first-order valence-electron chi connectivity index (χ1n) is 9.57. The van der Waals surface area contributed by atoms with Crippen LogP contribution in [-0.4, -0.2) is 37.0 Å². The van der Waals surface area contributed by atoms with Crippen LogP contribution in [0.25, 0.3) is 0 Å². The van der Waals surface area contributed by atoms with Crippen LogP contribution >= 0.6 is 11.3 Å². The Morgan fingerprint density at radius 1 is 1.15 bits per heavy atom. The molecule has 0 bridgehead atoms. The van der Waals surface area contributed by atoms with Gasteiger partial charge in [-0.25, -0.2) is 0 Å². The van der Waals surface area contributed by atoms with E-state index in [0.29, 0.717) is 24.5 Å². The minimum Gasteiger partial charge on any atom is -0.493 e. The number of hydrogen-bond donors (Lipinski definition) is 1. The van der Waals surface area contributed by atoms with Crippen molar-refractivity contribution in [2.24, 2.45) is 0 Å². The summed E-state index contributed by atoms with van der Waals surface area (Å²) in [4.78, 5) is 16.6. The van der Waals surface area contributed by atoms with Crippen molar-refractivity contribution in [2.45, 2.75) is 38.6 Å². The van der Waals surface area contributed by atoms with Crippen molar-refractivity contribution in [3.8, 4) is 5.75 Å². The van der Waals surface area contributed by atoms with Crippen molar-refractivity contribution in [1.29, 1.82) is 0 Å². The van der Waals surface area contributed by atoms with Crippen LogP contribution in [0.2, 0.25) is 0 Å². The molecule has 0 aliphatic carbocycles. The summed E-state index contributed by atoms with van der Waals surface area (Å²) < 4.78 is 5.60. The Morgan fingerprint density at radius 2 is 1.92 bits per heavy atom. The van der Waals surface area contributed by atoms with Gasteiger partial charge in [-0.1, -0.05) is 31.0 Å². The lowest BCUT2D eigenvalue weighted by Gasteiger charge is -2.30. The summed E-state index contributed by atoms with van der Waals surface area (Å²) in [6.45, 7) is 5.32. The highest BCUT2D eigenvalue weighted by atomic mass is 32.1. The van der Waals surface area contributed by atoms with Gasteiger partial charge < -0.3 is 10.1 Å². The summed E-state index contributed by atoms with van der Waals surface area (Å²) in [7, 11) is 0. The van der Waals surface area contributed by atoms with Gasteiger partial charge in [-0.15, -0.1) is 11.3 Å². The highest BCUT2D eigenvalue weighted by Gasteiger charge is 2.23. The number of rotatable bonds is 7. The predicted octanol–water partition coefficient (Wildman–Crippen LogP) is 4.49. The van der Waals surface area contributed by atoms with E-state index < -0.39 is 0 Å². The molecule has 2 aromatic rings. The minimum atomic E-state index is -0.0644. The van der Waals surface area contributed by atoms with Gasteiger partial charge in [0, 0.05) is 11.4 Å². The number of thiophene rings is 1. The zero-order valence-electron chi connectivity index (χ0n) is 15.4. The fourth-order valence-corrected chi connectivity index (χ4v) is 4.38. The molecule has 1 aromatic heterocycles. The van der Waals surface area contributed by atoms with E-state index in [9.17, 15) is 4.79 Å². The average molecular weight is 373 g/mol. The smallest absolute Gasteiger partial charge is 0.255 e. The van der Waals surface area contributed by atoms with Gasteiger partial charge in [0.2, 0.25) is 0 Å². The molecule has 1 aliphatic heterocycles. The van der Waals surface area contributed by atoms with Crippen molar-refractivity contribution >= 4 is 17.2 Å². The molecule has 1 saturated heterocycles.